The summed E-state index contributed by atoms with van der Waals surface area (Å²) in [5.74, 6) is -0.477. The van der Waals surface area contributed by atoms with E-state index in [1.165, 1.54) is 29.3 Å². The van der Waals surface area contributed by atoms with Crippen molar-refractivity contribution in [2.45, 2.75) is 20.4 Å². The molecule has 0 spiro atoms. The molecule has 0 saturated carbocycles. The number of ether oxygens (including phenoxy) is 2. The SMILES string of the molecule is COCCOC(=O)Cn1cnc2sc(C)c(C)c2c1=O. The first-order valence-corrected chi connectivity index (χ1v) is 6.96. The summed E-state index contributed by atoms with van der Waals surface area (Å²) >= 11 is 1.48. The molecular weight excluding hydrogens is 280 g/mol. The molecule has 0 fully saturated rings. The summed E-state index contributed by atoms with van der Waals surface area (Å²) in [5, 5.41) is 0.583. The number of fused-ring (bicyclic) bond motifs is 1. The predicted molar refractivity (Wildman–Crippen MR) is 76.2 cm³/mol. The molecule has 0 atom stereocenters. The Morgan fingerprint density at radius 2 is 2.15 bits per heavy atom. The van der Waals surface area contributed by atoms with E-state index in [0.29, 0.717) is 16.8 Å². The zero-order valence-electron chi connectivity index (χ0n) is 11.6. The zero-order valence-corrected chi connectivity index (χ0v) is 12.5. The van der Waals surface area contributed by atoms with Gasteiger partial charge in [0.2, 0.25) is 0 Å². The van der Waals surface area contributed by atoms with Crippen LogP contribution >= 0.6 is 11.3 Å². The molecule has 2 rings (SSSR count). The molecule has 2 aromatic heterocycles. The van der Waals surface area contributed by atoms with Crippen LogP contribution in [0.4, 0.5) is 0 Å². The van der Waals surface area contributed by atoms with E-state index in [1.54, 1.807) is 0 Å². The standard InChI is InChI=1S/C13H16N2O4S/c1-8-9(2)20-12-11(8)13(17)15(7-14-12)6-10(16)19-5-4-18-3/h7H,4-6H2,1-3H3. The van der Waals surface area contributed by atoms with Crippen LogP contribution in [-0.2, 0) is 20.8 Å². The minimum Gasteiger partial charge on any atom is -0.462 e. The number of hydrogen-bond acceptors (Lipinski definition) is 6. The number of carbonyl (C=O) groups is 1. The number of aryl methyl sites for hydroxylation is 2. The highest BCUT2D eigenvalue weighted by molar-refractivity contribution is 7.18. The number of carbonyl (C=O) groups excluding carboxylic acids is 1. The lowest BCUT2D eigenvalue weighted by Gasteiger charge is -2.06. The maximum atomic E-state index is 12.3. The molecule has 7 heteroatoms. The third-order valence-electron chi connectivity index (χ3n) is 3.01. The van der Waals surface area contributed by atoms with Gasteiger partial charge in [0.1, 0.15) is 18.0 Å². The van der Waals surface area contributed by atoms with Crippen molar-refractivity contribution in [2.75, 3.05) is 20.3 Å². The van der Waals surface area contributed by atoms with Crippen LogP contribution in [0.25, 0.3) is 10.2 Å². The monoisotopic (exact) mass is 296 g/mol. The molecule has 0 aliphatic rings. The van der Waals surface area contributed by atoms with Crippen LogP contribution in [0.1, 0.15) is 10.4 Å². The van der Waals surface area contributed by atoms with Crippen molar-refractivity contribution >= 4 is 27.5 Å². The van der Waals surface area contributed by atoms with Gasteiger partial charge in [-0.15, -0.1) is 11.3 Å². The Balaban J connectivity index is 2.23. The van der Waals surface area contributed by atoms with Gasteiger partial charge in [-0.25, -0.2) is 4.98 Å². The topological polar surface area (TPSA) is 70.4 Å². The minimum atomic E-state index is -0.477. The first-order valence-electron chi connectivity index (χ1n) is 6.14. The first kappa shape index (κ1) is 14.7. The molecule has 0 unspecified atom stereocenters. The predicted octanol–water partition coefficient (Wildman–Crippen LogP) is 1.26. The molecule has 0 aromatic carbocycles. The van der Waals surface area contributed by atoms with E-state index >= 15 is 0 Å². The Kier molecular flexibility index (Phi) is 4.51. The van der Waals surface area contributed by atoms with Crippen LogP contribution in [0, 0.1) is 13.8 Å². The molecule has 20 heavy (non-hydrogen) atoms. The summed E-state index contributed by atoms with van der Waals surface area (Å²) < 4.78 is 11.0. The van der Waals surface area contributed by atoms with Gasteiger partial charge in [0.25, 0.3) is 5.56 Å². The minimum absolute atomic E-state index is 0.139. The molecule has 0 amide bonds. The van der Waals surface area contributed by atoms with Gasteiger partial charge in [-0.2, -0.15) is 0 Å². The van der Waals surface area contributed by atoms with Gasteiger partial charge in [0, 0.05) is 12.0 Å². The fourth-order valence-corrected chi connectivity index (χ4v) is 2.79. The van der Waals surface area contributed by atoms with Crippen molar-refractivity contribution < 1.29 is 14.3 Å². The smallest absolute Gasteiger partial charge is 0.326 e. The van der Waals surface area contributed by atoms with Gasteiger partial charge in [-0.3, -0.25) is 14.2 Å². The van der Waals surface area contributed by atoms with Crippen molar-refractivity contribution in [1.82, 2.24) is 9.55 Å². The maximum Gasteiger partial charge on any atom is 0.326 e. The van der Waals surface area contributed by atoms with Crippen LogP contribution in [-0.4, -0.2) is 35.8 Å². The molecule has 2 aromatic rings. The summed E-state index contributed by atoms with van der Waals surface area (Å²) in [6, 6.07) is 0. The van der Waals surface area contributed by atoms with Crippen LogP contribution in [0.15, 0.2) is 11.1 Å². The van der Waals surface area contributed by atoms with E-state index in [4.69, 9.17) is 9.47 Å². The zero-order chi connectivity index (χ0) is 14.7. The average molecular weight is 296 g/mol. The van der Waals surface area contributed by atoms with Crippen molar-refractivity contribution in [2.24, 2.45) is 0 Å². The molecule has 0 saturated heterocycles. The molecular formula is C13H16N2O4S. The fraction of sp³-hybridized carbons (Fsp3) is 0.462. The molecule has 0 bridgehead atoms. The average Bonchev–Trinajstić information content (AvgIpc) is 2.70. The molecule has 0 aliphatic carbocycles. The number of rotatable bonds is 5. The summed E-state index contributed by atoms with van der Waals surface area (Å²) in [6.45, 7) is 4.21. The molecule has 0 N–H and O–H groups in total. The summed E-state index contributed by atoms with van der Waals surface area (Å²) in [4.78, 5) is 29.9. The van der Waals surface area contributed by atoms with E-state index in [2.05, 4.69) is 4.98 Å². The van der Waals surface area contributed by atoms with Crippen molar-refractivity contribution in [3.05, 3.63) is 27.1 Å². The molecule has 0 aliphatic heterocycles. The van der Waals surface area contributed by atoms with Gasteiger partial charge in [0.05, 0.1) is 18.3 Å². The fourth-order valence-electron chi connectivity index (χ4n) is 1.81. The van der Waals surface area contributed by atoms with Crippen LogP contribution in [0.5, 0.6) is 0 Å². The summed E-state index contributed by atoms with van der Waals surface area (Å²) in [6.07, 6.45) is 1.39. The number of aromatic nitrogens is 2. The first-order chi connectivity index (χ1) is 9.54. The second-order valence-corrected chi connectivity index (χ2v) is 5.56. The highest BCUT2D eigenvalue weighted by Gasteiger charge is 2.14. The number of nitrogens with zero attached hydrogens (tertiary/aromatic N) is 2. The Labute approximate surface area is 120 Å². The number of thiophene rings is 1. The van der Waals surface area contributed by atoms with E-state index in [0.717, 1.165) is 10.4 Å². The lowest BCUT2D eigenvalue weighted by atomic mass is 10.2. The number of methoxy groups -OCH3 is 1. The normalized spacial score (nSPS) is 10.9. The lowest BCUT2D eigenvalue weighted by Crippen LogP contribution is -2.26. The molecule has 2 heterocycles. The van der Waals surface area contributed by atoms with Crippen LogP contribution in [0.2, 0.25) is 0 Å². The lowest BCUT2D eigenvalue weighted by molar-refractivity contribution is -0.145. The van der Waals surface area contributed by atoms with Crippen molar-refractivity contribution in [1.29, 1.82) is 0 Å². The van der Waals surface area contributed by atoms with Gasteiger partial charge < -0.3 is 9.47 Å². The van der Waals surface area contributed by atoms with Crippen molar-refractivity contribution in [3.8, 4) is 0 Å². The quantitative estimate of drug-likeness (QED) is 0.614. The summed E-state index contributed by atoms with van der Waals surface area (Å²) in [7, 11) is 1.53. The van der Waals surface area contributed by atoms with Gasteiger partial charge in [-0.1, -0.05) is 0 Å². The highest BCUT2D eigenvalue weighted by atomic mass is 32.1. The van der Waals surface area contributed by atoms with Crippen LogP contribution < -0.4 is 5.56 Å². The summed E-state index contributed by atoms with van der Waals surface area (Å²) in [5.41, 5.74) is 0.713. The third-order valence-corrected chi connectivity index (χ3v) is 4.12. The van der Waals surface area contributed by atoms with Crippen LogP contribution in [0.3, 0.4) is 0 Å². The maximum absolute atomic E-state index is 12.3. The van der Waals surface area contributed by atoms with E-state index in [1.807, 2.05) is 13.8 Å². The van der Waals surface area contributed by atoms with E-state index in [-0.39, 0.29) is 18.7 Å². The number of hydrogen-bond donors (Lipinski definition) is 0. The Bertz CT molecular complexity index is 689. The number of esters is 1. The van der Waals surface area contributed by atoms with E-state index in [9.17, 15) is 9.59 Å². The Morgan fingerprint density at radius 1 is 1.40 bits per heavy atom. The Hall–Kier alpha value is -1.73. The Morgan fingerprint density at radius 3 is 2.85 bits per heavy atom. The van der Waals surface area contributed by atoms with Crippen molar-refractivity contribution in [3.63, 3.8) is 0 Å². The highest BCUT2D eigenvalue weighted by Crippen LogP contribution is 2.25. The largest absolute Gasteiger partial charge is 0.462 e. The molecule has 6 nitrogen and oxygen atoms in total. The second-order valence-electron chi connectivity index (χ2n) is 4.35. The second kappa shape index (κ2) is 6.15. The van der Waals surface area contributed by atoms with Gasteiger partial charge in [-0.05, 0) is 19.4 Å². The molecule has 108 valence electrons. The third kappa shape index (κ3) is 2.88. The molecule has 0 radical (unpaired) electrons. The van der Waals surface area contributed by atoms with Gasteiger partial charge >= 0.3 is 5.97 Å². The van der Waals surface area contributed by atoms with E-state index < -0.39 is 5.97 Å². The van der Waals surface area contributed by atoms with Gasteiger partial charge in [0.15, 0.2) is 0 Å².